The van der Waals surface area contributed by atoms with Gasteiger partial charge in [0.2, 0.25) is 11.9 Å². The van der Waals surface area contributed by atoms with Crippen LogP contribution in [0.2, 0.25) is 0 Å². The summed E-state index contributed by atoms with van der Waals surface area (Å²) in [5.41, 5.74) is 0.742. The van der Waals surface area contributed by atoms with Crippen molar-refractivity contribution >= 4 is 30.0 Å². The maximum Gasteiger partial charge on any atom is 0.310 e. The van der Waals surface area contributed by atoms with Crippen molar-refractivity contribution in [2.45, 2.75) is 66.3 Å². The van der Waals surface area contributed by atoms with E-state index in [2.05, 4.69) is 27.5 Å². The van der Waals surface area contributed by atoms with Gasteiger partial charge in [-0.25, -0.2) is 18.9 Å². The highest BCUT2D eigenvalue weighted by Crippen LogP contribution is 2.23. The van der Waals surface area contributed by atoms with E-state index in [1.54, 1.807) is 13.8 Å². The van der Waals surface area contributed by atoms with Gasteiger partial charge in [-0.3, -0.25) is 9.59 Å². The molecule has 9 nitrogen and oxygen atoms in total. The zero-order valence-electron chi connectivity index (χ0n) is 24.0. The lowest BCUT2D eigenvalue weighted by molar-refractivity contribution is -0.151. The Labute approximate surface area is 234 Å². The Balaban J connectivity index is 1.55. The number of imidazole rings is 1. The molecule has 0 N–H and O–H groups in total. The molecule has 0 amide bonds. The van der Waals surface area contributed by atoms with Crippen LogP contribution in [0.4, 0.5) is 16.3 Å². The fourth-order valence-electron chi connectivity index (χ4n) is 5.00. The summed E-state index contributed by atoms with van der Waals surface area (Å²) in [6.45, 7) is 9.57. The second-order valence-corrected chi connectivity index (χ2v) is 10.4. The normalized spacial score (nSPS) is 15.2. The third kappa shape index (κ3) is 6.43. The molecule has 3 aromatic rings. The van der Waals surface area contributed by atoms with Gasteiger partial charge in [-0.15, -0.1) is 0 Å². The summed E-state index contributed by atoms with van der Waals surface area (Å²) in [5.74, 6) is 0.476. The lowest BCUT2D eigenvalue weighted by Crippen LogP contribution is -2.46. The summed E-state index contributed by atoms with van der Waals surface area (Å²) in [7, 11) is 1.93. The number of rotatable bonds is 9. The van der Waals surface area contributed by atoms with Crippen LogP contribution < -0.4 is 26.1 Å². The Hall–Kier alpha value is -3.95. The van der Waals surface area contributed by atoms with E-state index in [1.165, 1.54) is 29.0 Å². The summed E-state index contributed by atoms with van der Waals surface area (Å²) in [6.07, 6.45) is 8.23. The summed E-state index contributed by atoms with van der Waals surface area (Å²) >= 11 is 0. The molecule has 0 spiro atoms. The Morgan fingerprint density at radius 1 is 1.18 bits per heavy atom. The molecule has 0 radical (unpaired) electrons. The summed E-state index contributed by atoms with van der Waals surface area (Å²) < 4.78 is 22.5. The molecule has 0 saturated carbocycles. The molecule has 0 aliphatic carbocycles. The Morgan fingerprint density at radius 2 is 1.88 bits per heavy atom. The van der Waals surface area contributed by atoms with Crippen molar-refractivity contribution in [3.63, 3.8) is 0 Å². The molecule has 214 valence electrons. The Kier molecular flexibility index (Phi) is 9.39. The van der Waals surface area contributed by atoms with E-state index >= 15 is 0 Å². The SMILES string of the molecule is C/C=c1/nc(N2CCC(N(C)c3nccc(=O)n3COC(=O)C(C)C)CC2)n(Cc2ccc(F)cc2)/c1=C/CC. The van der Waals surface area contributed by atoms with Gasteiger partial charge in [0, 0.05) is 38.4 Å². The molecule has 1 saturated heterocycles. The van der Waals surface area contributed by atoms with E-state index in [1.807, 2.05) is 37.1 Å². The van der Waals surface area contributed by atoms with E-state index in [9.17, 15) is 14.0 Å². The number of benzene rings is 1. The number of nitrogens with zero attached hydrogens (tertiary/aromatic N) is 6. The minimum Gasteiger partial charge on any atom is -0.443 e. The zero-order valence-corrected chi connectivity index (χ0v) is 24.0. The molecule has 3 heterocycles. The van der Waals surface area contributed by atoms with E-state index in [-0.39, 0.29) is 36.0 Å². The lowest BCUT2D eigenvalue weighted by Gasteiger charge is -2.38. The predicted octanol–water partition coefficient (Wildman–Crippen LogP) is 2.88. The second kappa shape index (κ2) is 12.9. The van der Waals surface area contributed by atoms with Gasteiger partial charge in [0.1, 0.15) is 5.82 Å². The average molecular weight is 551 g/mol. The maximum atomic E-state index is 13.5. The zero-order chi connectivity index (χ0) is 28.8. The van der Waals surface area contributed by atoms with Crippen LogP contribution in [0, 0.1) is 11.7 Å². The van der Waals surface area contributed by atoms with Crippen LogP contribution >= 0.6 is 0 Å². The highest BCUT2D eigenvalue weighted by Gasteiger charge is 2.28. The van der Waals surface area contributed by atoms with Gasteiger partial charge in [0.15, 0.2) is 6.73 Å². The van der Waals surface area contributed by atoms with Gasteiger partial charge < -0.3 is 19.1 Å². The monoisotopic (exact) mass is 550 g/mol. The summed E-state index contributed by atoms with van der Waals surface area (Å²) in [4.78, 5) is 38.4. The van der Waals surface area contributed by atoms with E-state index in [0.717, 1.165) is 54.6 Å². The molecular formula is C30H39FN6O3. The van der Waals surface area contributed by atoms with Gasteiger partial charge in [-0.1, -0.05) is 45.1 Å². The number of anilines is 2. The van der Waals surface area contributed by atoms with Gasteiger partial charge in [0.05, 0.1) is 23.2 Å². The van der Waals surface area contributed by atoms with E-state index < -0.39 is 0 Å². The number of hydrogen-bond acceptors (Lipinski definition) is 7. The standard InChI is InChI=1S/C30H39FN6O3/c1-6-8-26-25(7-2)33-30(36(26)19-22-9-11-23(31)12-10-22)35-17-14-24(15-18-35)34(5)29-32-16-13-27(38)37(29)20-40-28(39)21(3)4/h7-13,16,21,24H,6,14-15,17-20H2,1-5H3/b25-7+,26-8+. The molecule has 1 aliphatic heterocycles. The largest absolute Gasteiger partial charge is 0.443 e. The van der Waals surface area contributed by atoms with Crippen molar-refractivity contribution in [3.05, 3.63) is 69.0 Å². The van der Waals surface area contributed by atoms with Crippen LogP contribution in [0.15, 0.2) is 41.3 Å². The minimum atomic E-state index is -0.364. The third-order valence-electron chi connectivity index (χ3n) is 7.27. The molecule has 2 aromatic heterocycles. The van der Waals surface area contributed by atoms with Crippen LogP contribution in [0.3, 0.4) is 0 Å². The van der Waals surface area contributed by atoms with Crippen molar-refractivity contribution in [1.29, 1.82) is 0 Å². The van der Waals surface area contributed by atoms with E-state index in [4.69, 9.17) is 9.72 Å². The van der Waals surface area contributed by atoms with Crippen LogP contribution in [-0.2, 0) is 22.8 Å². The maximum absolute atomic E-state index is 13.5. The van der Waals surface area contributed by atoms with Gasteiger partial charge in [-0.05, 0) is 43.9 Å². The van der Waals surface area contributed by atoms with Crippen molar-refractivity contribution in [3.8, 4) is 0 Å². The molecule has 0 atom stereocenters. The fourth-order valence-corrected chi connectivity index (χ4v) is 5.00. The number of halogens is 1. The van der Waals surface area contributed by atoms with Crippen LogP contribution in [0.25, 0.3) is 12.2 Å². The topological polar surface area (TPSA) is 85.5 Å². The second-order valence-electron chi connectivity index (χ2n) is 10.4. The highest BCUT2D eigenvalue weighted by atomic mass is 19.1. The molecule has 40 heavy (non-hydrogen) atoms. The average Bonchev–Trinajstić information content (AvgIpc) is 3.29. The number of esters is 1. The lowest BCUT2D eigenvalue weighted by atomic mass is 10.0. The van der Waals surface area contributed by atoms with Gasteiger partial charge in [0.25, 0.3) is 5.56 Å². The molecule has 0 unspecified atom stereocenters. The minimum absolute atomic E-state index is 0.136. The molecular weight excluding hydrogens is 511 g/mol. The number of aromatic nitrogens is 4. The fraction of sp³-hybridized carbons (Fsp3) is 0.467. The highest BCUT2D eigenvalue weighted by molar-refractivity contribution is 5.71. The van der Waals surface area contributed by atoms with Crippen molar-refractivity contribution in [2.75, 3.05) is 29.9 Å². The van der Waals surface area contributed by atoms with Crippen LogP contribution in [0.5, 0.6) is 0 Å². The first kappa shape index (κ1) is 29.0. The quantitative estimate of drug-likeness (QED) is 0.379. The first-order chi connectivity index (χ1) is 19.2. The molecule has 1 fully saturated rings. The number of carbonyl (C=O) groups is 1. The number of carbonyl (C=O) groups excluding carboxylic acids is 1. The van der Waals surface area contributed by atoms with Crippen LogP contribution in [-0.4, -0.2) is 51.3 Å². The molecule has 10 heteroatoms. The number of piperidine rings is 1. The summed E-state index contributed by atoms with van der Waals surface area (Å²) in [6, 6.07) is 8.12. The molecule has 1 aliphatic rings. The Bertz CT molecular complexity index is 1490. The predicted molar refractivity (Wildman–Crippen MR) is 155 cm³/mol. The van der Waals surface area contributed by atoms with Crippen molar-refractivity contribution in [1.82, 2.24) is 19.1 Å². The third-order valence-corrected chi connectivity index (χ3v) is 7.27. The molecule has 1 aromatic carbocycles. The first-order valence-electron chi connectivity index (χ1n) is 13.9. The molecule has 4 rings (SSSR count). The van der Waals surface area contributed by atoms with Gasteiger partial charge in [-0.2, -0.15) is 0 Å². The first-order valence-corrected chi connectivity index (χ1v) is 13.9. The van der Waals surface area contributed by atoms with Gasteiger partial charge >= 0.3 is 5.97 Å². The molecule has 0 bridgehead atoms. The number of hydrogen-bond donors (Lipinski definition) is 0. The number of ether oxygens (including phenoxy) is 1. The van der Waals surface area contributed by atoms with E-state index in [0.29, 0.717) is 12.5 Å². The smallest absolute Gasteiger partial charge is 0.310 e. The van der Waals surface area contributed by atoms with Crippen molar-refractivity contribution in [2.24, 2.45) is 5.92 Å². The summed E-state index contributed by atoms with van der Waals surface area (Å²) in [5, 5.41) is 2.00. The van der Waals surface area contributed by atoms with Crippen LogP contribution in [0.1, 0.15) is 52.5 Å². The Morgan fingerprint density at radius 3 is 2.50 bits per heavy atom. The van der Waals surface area contributed by atoms with Crippen molar-refractivity contribution < 1.29 is 13.9 Å².